The van der Waals surface area contributed by atoms with Gasteiger partial charge in [-0.05, 0) is 25.8 Å². The van der Waals surface area contributed by atoms with Crippen LogP contribution in [0.15, 0.2) is 18.5 Å². The second-order valence-electron chi connectivity index (χ2n) is 4.52. The van der Waals surface area contributed by atoms with E-state index in [2.05, 4.69) is 20.6 Å². The summed E-state index contributed by atoms with van der Waals surface area (Å²) in [4.78, 5) is 11.9. The summed E-state index contributed by atoms with van der Waals surface area (Å²) in [6, 6.07) is 1.83. The lowest BCUT2D eigenvalue weighted by Gasteiger charge is -1.97. The van der Waals surface area contributed by atoms with Gasteiger partial charge in [0.2, 0.25) is 0 Å². The van der Waals surface area contributed by atoms with Gasteiger partial charge in [0.25, 0.3) is 5.91 Å². The first-order chi connectivity index (χ1) is 8.76. The van der Waals surface area contributed by atoms with Gasteiger partial charge in [-0.3, -0.25) is 14.6 Å². The van der Waals surface area contributed by atoms with Crippen molar-refractivity contribution in [1.82, 2.24) is 20.0 Å². The maximum Gasteiger partial charge on any atom is 0.276 e. The number of hydrogen-bond donors (Lipinski definition) is 2. The van der Waals surface area contributed by atoms with Crippen molar-refractivity contribution in [3.05, 3.63) is 29.8 Å². The monoisotopic (exact) mass is 245 g/mol. The van der Waals surface area contributed by atoms with Gasteiger partial charge >= 0.3 is 0 Å². The second kappa shape index (κ2) is 4.29. The van der Waals surface area contributed by atoms with Crippen molar-refractivity contribution >= 4 is 11.6 Å². The second-order valence-corrected chi connectivity index (χ2v) is 4.52. The van der Waals surface area contributed by atoms with Gasteiger partial charge in [0.15, 0.2) is 5.69 Å². The number of hydrogen-bond acceptors (Lipinski definition) is 3. The lowest BCUT2D eigenvalue weighted by molar-refractivity contribution is 0.102. The molecule has 0 atom stereocenters. The van der Waals surface area contributed by atoms with Crippen molar-refractivity contribution in [2.45, 2.75) is 32.2 Å². The van der Waals surface area contributed by atoms with Crippen molar-refractivity contribution < 1.29 is 4.79 Å². The number of anilines is 1. The van der Waals surface area contributed by atoms with Crippen LogP contribution in [0.1, 0.15) is 41.9 Å². The van der Waals surface area contributed by atoms with E-state index in [0.29, 0.717) is 17.3 Å². The molecule has 2 N–H and O–H groups in total. The molecule has 2 aromatic rings. The van der Waals surface area contributed by atoms with Crippen LogP contribution in [0.2, 0.25) is 0 Å². The molecule has 1 fully saturated rings. The summed E-state index contributed by atoms with van der Waals surface area (Å²) in [6.07, 6.45) is 5.81. The van der Waals surface area contributed by atoms with Crippen molar-refractivity contribution in [3.63, 3.8) is 0 Å². The van der Waals surface area contributed by atoms with E-state index >= 15 is 0 Å². The van der Waals surface area contributed by atoms with Crippen LogP contribution in [-0.4, -0.2) is 25.9 Å². The number of rotatable bonds is 4. The largest absolute Gasteiger partial charge is 0.318 e. The highest BCUT2D eigenvalue weighted by Crippen LogP contribution is 2.38. The Labute approximate surface area is 104 Å². The van der Waals surface area contributed by atoms with Gasteiger partial charge in [0.1, 0.15) is 0 Å². The molecule has 0 radical (unpaired) electrons. The predicted octanol–water partition coefficient (Wildman–Crippen LogP) is 1.76. The summed E-state index contributed by atoms with van der Waals surface area (Å²) < 4.78 is 1.76. The van der Waals surface area contributed by atoms with Crippen molar-refractivity contribution in [2.75, 3.05) is 5.32 Å². The fourth-order valence-corrected chi connectivity index (χ4v) is 1.85. The average Bonchev–Trinajstić information content (AvgIpc) is 2.93. The molecule has 0 saturated heterocycles. The van der Waals surface area contributed by atoms with Crippen LogP contribution in [0.4, 0.5) is 5.69 Å². The quantitative estimate of drug-likeness (QED) is 0.861. The Bertz CT molecular complexity index is 567. The molecular formula is C12H15N5O. The van der Waals surface area contributed by atoms with E-state index in [4.69, 9.17) is 0 Å². The van der Waals surface area contributed by atoms with Crippen LogP contribution in [0.25, 0.3) is 0 Å². The first-order valence-corrected chi connectivity index (χ1v) is 6.15. The third kappa shape index (κ3) is 2.13. The molecule has 94 valence electrons. The van der Waals surface area contributed by atoms with E-state index in [-0.39, 0.29) is 5.91 Å². The van der Waals surface area contributed by atoms with Gasteiger partial charge in [-0.15, -0.1) is 0 Å². The van der Waals surface area contributed by atoms with E-state index in [1.165, 1.54) is 12.8 Å². The van der Waals surface area contributed by atoms with Crippen LogP contribution in [-0.2, 0) is 6.54 Å². The molecule has 0 aromatic carbocycles. The zero-order valence-electron chi connectivity index (χ0n) is 10.2. The molecule has 0 unspecified atom stereocenters. The lowest BCUT2D eigenvalue weighted by atomic mass is 10.2. The van der Waals surface area contributed by atoms with Crippen LogP contribution in [0.5, 0.6) is 0 Å². The SMILES string of the molecule is CCn1cc(NC(=O)c2cc(C3CC3)[nH]n2)cn1. The molecule has 3 rings (SSSR count). The number of amides is 1. The van der Waals surface area contributed by atoms with Gasteiger partial charge in [-0.1, -0.05) is 0 Å². The lowest BCUT2D eigenvalue weighted by Crippen LogP contribution is -2.11. The number of aromatic amines is 1. The van der Waals surface area contributed by atoms with Gasteiger partial charge in [-0.2, -0.15) is 10.2 Å². The van der Waals surface area contributed by atoms with E-state index < -0.39 is 0 Å². The maximum absolute atomic E-state index is 11.9. The highest BCUT2D eigenvalue weighted by molar-refractivity contribution is 6.02. The molecule has 0 bridgehead atoms. The Balaban J connectivity index is 1.69. The Morgan fingerprint density at radius 2 is 2.44 bits per heavy atom. The zero-order valence-corrected chi connectivity index (χ0v) is 10.2. The molecule has 2 aromatic heterocycles. The normalized spacial score (nSPS) is 14.7. The highest BCUT2D eigenvalue weighted by atomic mass is 16.1. The number of aromatic nitrogens is 4. The minimum atomic E-state index is -0.200. The molecule has 1 saturated carbocycles. The van der Waals surface area contributed by atoms with E-state index in [0.717, 1.165) is 12.2 Å². The first-order valence-electron chi connectivity index (χ1n) is 6.15. The number of H-pyrrole nitrogens is 1. The molecule has 1 aliphatic carbocycles. The number of aryl methyl sites for hydroxylation is 1. The molecule has 2 heterocycles. The van der Waals surface area contributed by atoms with Crippen LogP contribution < -0.4 is 5.32 Å². The van der Waals surface area contributed by atoms with Gasteiger partial charge in [-0.25, -0.2) is 0 Å². The summed E-state index contributed by atoms with van der Waals surface area (Å²) in [5.41, 5.74) is 2.18. The molecule has 1 aliphatic rings. The highest BCUT2D eigenvalue weighted by Gasteiger charge is 2.26. The Hall–Kier alpha value is -2.11. The third-order valence-electron chi connectivity index (χ3n) is 3.06. The molecule has 6 nitrogen and oxygen atoms in total. The summed E-state index contributed by atoms with van der Waals surface area (Å²) in [7, 11) is 0. The first kappa shape index (κ1) is 11.0. The van der Waals surface area contributed by atoms with Gasteiger partial charge < -0.3 is 5.32 Å². The maximum atomic E-state index is 11.9. The van der Waals surface area contributed by atoms with Gasteiger partial charge in [0.05, 0.1) is 11.9 Å². The molecule has 0 spiro atoms. The summed E-state index contributed by atoms with van der Waals surface area (Å²) in [5.74, 6) is 0.371. The average molecular weight is 245 g/mol. The van der Waals surface area contributed by atoms with E-state index in [9.17, 15) is 4.79 Å². The van der Waals surface area contributed by atoms with Crippen molar-refractivity contribution in [1.29, 1.82) is 0 Å². The molecule has 18 heavy (non-hydrogen) atoms. The standard InChI is InChI=1S/C12H15N5O/c1-2-17-7-9(6-13-17)14-12(18)11-5-10(15-16-11)8-3-4-8/h5-8H,2-4H2,1H3,(H,14,18)(H,15,16). The van der Waals surface area contributed by atoms with Crippen LogP contribution >= 0.6 is 0 Å². The predicted molar refractivity (Wildman–Crippen MR) is 66.4 cm³/mol. The van der Waals surface area contributed by atoms with Crippen molar-refractivity contribution in [2.24, 2.45) is 0 Å². The van der Waals surface area contributed by atoms with E-state index in [1.54, 1.807) is 17.1 Å². The summed E-state index contributed by atoms with van der Waals surface area (Å²) >= 11 is 0. The van der Waals surface area contributed by atoms with Crippen LogP contribution in [0, 0.1) is 0 Å². The molecule has 0 aliphatic heterocycles. The Morgan fingerprint density at radius 1 is 1.61 bits per heavy atom. The fourth-order valence-electron chi connectivity index (χ4n) is 1.85. The third-order valence-corrected chi connectivity index (χ3v) is 3.06. The number of carbonyl (C=O) groups is 1. The zero-order chi connectivity index (χ0) is 12.5. The molecule has 6 heteroatoms. The number of carbonyl (C=O) groups excluding carboxylic acids is 1. The smallest absolute Gasteiger partial charge is 0.276 e. The van der Waals surface area contributed by atoms with Crippen LogP contribution in [0.3, 0.4) is 0 Å². The Morgan fingerprint density at radius 3 is 3.11 bits per heavy atom. The minimum Gasteiger partial charge on any atom is -0.318 e. The summed E-state index contributed by atoms with van der Waals surface area (Å²) in [5, 5.41) is 13.8. The van der Waals surface area contributed by atoms with Gasteiger partial charge in [0, 0.05) is 24.4 Å². The number of nitrogens with one attached hydrogen (secondary N) is 2. The fraction of sp³-hybridized carbons (Fsp3) is 0.417. The van der Waals surface area contributed by atoms with Crippen molar-refractivity contribution in [3.8, 4) is 0 Å². The molecule has 1 amide bonds. The summed E-state index contributed by atoms with van der Waals surface area (Å²) in [6.45, 7) is 2.78. The number of nitrogens with zero attached hydrogens (tertiary/aromatic N) is 3. The minimum absolute atomic E-state index is 0.200. The topological polar surface area (TPSA) is 75.6 Å². The molecular weight excluding hydrogens is 230 g/mol. The Kier molecular flexibility index (Phi) is 2.62. The van der Waals surface area contributed by atoms with E-state index in [1.807, 2.05) is 13.0 Å².